The topological polar surface area (TPSA) is 78.9 Å². The molecule has 1 N–H and O–H groups in total. The number of thiazole rings is 1. The van der Waals surface area contributed by atoms with E-state index in [0.29, 0.717) is 5.13 Å². The van der Waals surface area contributed by atoms with Crippen LogP contribution in [0.4, 0.5) is 18.3 Å². The van der Waals surface area contributed by atoms with Gasteiger partial charge in [0.15, 0.2) is 5.13 Å². The van der Waals surface area contributed by atoms with E-state index in [0.717, 1.165) is 22.3 Å². The van der Waals surface area contributed by atoms with Crippen molar-refractivity contribution in [2.45, 2.75) is 6.18 Å². The van der Waals surface area contributed by atoms with E-state index in [-0.39, 0.29) is 22.7 Å². The molecule has 0 unspecified atom stereocenters. The Labute approximate surface area is 178 Å². The summed E-state index contributed by atoms with van der Waals surface area (Å²) >= 11 is 1.27. The Balaban J connectivity index is 1.55. The number of para-hydroxylation sites is 1. The molecule has 0 spiro atoms. The van der Waals surface area contributed by atoms with Crippen LogP contribution in [0.3, 0.4) is 0 Å². The van der Waals surface area contributed by atoms with Crippen molar-refractivity contribution in [3.8, 4) is 17.4 Å². The number of alkyl halides is 3. The normalized spacial score (nSPS) is 12.0. The Bertz CT molecular complexity index is 1310. The minimum absolute atomic E-state index is 0.156. The molecule has 154 valence electrons. The van der Waals surface area contributed by atoms with Gasteiger partial charge in [-0.2, -0.15) is 18.4 Å². The van der Waals surface area contributed by atoms with Crippen LogP contribution in [0.1, 0.15) is 11.3 Å². The van der Waals surface area contributed by atoms with E-state index in [1.54, 1.807) is 12.1 Å². The molecule has 0 fully saturated rings. The molecular formula is C22H12F3N3O2S. The van der Waals surface area contributed by atoms with Crippen LogP contribution in [0.15, 0.2) is 70.7 Å². The molecule has 0 aliphatic heterocycles. The quantitative estimate of drug-likeness (QED) is 0.307. The summed E-state index contributed by atoms with van der Waals surface area (Å²) in [4.78, 5) is 16.7. The van der Waals surface area contributed by atoms with Crippen molar-refractivity contribution in [1.82, 2.24) is 4.98 Å². The molecule has 4 aromatic rings. The molecule has 1 amide bonds. The summed E-state index contributed by atoms with van der Waals surface area (Å²) in [5.74, 6) is -0.330. The molecule has 4 rings (SSSR count). The van der Waals surface area contributed by atoms with Gasteiger partial charge in [-0.25, -0.2) is 4.98 Å². The summed E-state index contributed by atoms with van der Waals surface area (Å²) < 4.78 is 45.2. The van der Waals surface area contributed by atoms with Crippen molar-refractivity contribution in [3.05, 3.63) is 77.6 Å². The van der Waals surface area contributed by atoms with Crippen molar-refractivity contribution in [3.63, 3.8) is 0 Å². The number of carbonyl (C=O) groups is 1. The van der Waals surface area contributed by atoms with Crippen LogP contribution in [0, 0.1) is 11.3 Å². The molecular weight excluding hydrogens is 427 g/mol. The molecule has 0 aliphatic carbocycles. The van der Waals surface area contributed by atoms with E-state index in [2.05, 4.69) is 10.3 Å². The average Bonchev–Trinajstić information content (AvgIpc) is 3.37. The number of hydrogen-bond acceptors (Lipinski definition) is 5. The largest absolute Gasteiger partial charge is 0.457 e. The summed E-state index contributed by atoms with van der Waals surface area (Å²) in [5, 5.41) is 12.3. The fourth-order valence-electron chi connectivity index (χ4n) is 2.82. The Hall–Kier alpha value is -3.90. The van der Waals surface area contributed by atoms with Crippen molar-refractivity contribution in [2.75, 3.05) is 5.32 Å². The maximum atomic E-state index is 12.9. The Morgan fingerprint density at radius 3 is 2.68 bits per heavy atom. The van der Waals surface area contributed by atoms with Gasteiger partial charge < -0.3 is 4.42 Å². The Morgan fingerprint density at radius 2 is 1.94 bits per heavy atom. The first-order valence-electron chi connectivity index (χ1n) is 8.90. The second-order valence-electron chi connectivity index (χ2n) is 6.39. The van der Waals surface area contributed by atoms with E-state index in [1.807, 2.05) is 18.2 Å². The summed E-state index contributed by atoms with van der Waals surface area (Å²) in [6, 6.07) is 16.8. The molecule has 31 heavy (non-hydrogen) atoms. The molecule has 0 atom stereocenters. The highest BCUT2D eigenvalue weighted by Crippen LogP contribution is 2.33. The number of nitriles is 1. The van der Waals surface area contributed by atoms with E-state index >= 15 is 0 Å². The number of halogens is 3. The zero-order chi connectivity index (χ0) is 22.0. The van der Waals surface area contributed by atoms with E-state index in [4.69, 9.17) is 4.42 Å². The average molecular weight is 439 g/mol. The summed E-state index contributed by atoms with van der Waals surface area (Å²) in [7, 11) is 0. The third-order valence-corrected chi connectivity index (χ3v) is 5.22. The number of amides is 1. The molecule has 9 heteroatoms. The maximum absolute atomic E-state index is 12.9. The lowest BCUT2D eigenvalue weighted by Gasteiger charge is -2.07. The van der Waals surface area contributed by atoms with Crippen molar-refractivity contribution >= 4 is 38.7 Å². The zero-order valence-corrected chi connectivity index (χ0v) is 16.4. The van der Waals surface area contributed by atoms with Crippen LogP contribution in [0.5, 0.6) is 0 Å². The number of hydrogen-bond donors (Lipinski definition) is 1. The lowest BCUT2D eigenvalue weighted by Crippen LogP contribution is -2.13. The molecule has 0 saturated carbocycles. The van der Waals surface area contributed by atoms with Gasteiger partial charge in [0.2, 0.25) is 0 Å². The molecule has 0 radical (unpaired) electrons. The van der Waals surface area contributed by atoms with Gasteiger partial charge in [0, 0.05) is 11.6 Å². The van der Waals surface area contributed by atoms with Gasteiger partial charge in [0.05, 0.1) is 15.8 Å². The predicted molar refractivity (Wildman–Crippen MR) is 111 cm³/mol. The number of rotatable bonds is 4. The maximum Gasteiger partial charge on any atom is 0.416 e. The molecule has 0 bridgehead atoms. The first-order chi connectivity index (χ1) is 14.8. The first kappa shape index (κ1) is 20.4. The van der Waals surface area contributed by atoms with Crippen molar-refractivity contribution in [1.29, 1.82) is 5.26 Å². The minimum atomic E-state index is -4.47. The number of nitrogens with zero attached hydrogens (tertiary/aromatic N) is 2. The van der Waals surface area contributed by atoms with Gasteiger partial charge in [0.25, 0.3) is 5.91 Å². The van der Waals surface area contributed by atoms with Gasteiger partial charge in [0.1, 0.15) is 23.2 Å². The van der Waals surface area contributed by atoms with Gasteiger partial charge >= 0.3 is 6.18 Å². The number of nitrogens with one attached hydrogen (secondary N) is 1. The van der Waals surface area contributed by atoms with Crippen molar-refractivity contribution in [2.24, 2.45) is 0 Å². The SMILES string of the molecule is N#CC(=Cc1ccc(-c2cccc(C(F)(F)F)c2)o1)C(=O)Nc1nc2ccccc2s1. The second-order valence-corrected chi connectivity index (χ2v) is 7.42. The van der Waals surface area contributed by atoms with Gasteiger partial charge in [-0.1, -0.05) is 35.6 Å². The van der Waals surface area contributed by atoms with Crippen LogP contribution >= 0.6 is 11.3 Å². The number of anilines is 1. The molecule has 5 nitrogen and oxygen atoms in total. The molecule has 2 heterocycles. The summed E-state index contributed by atoms with van der Waals surface area (Å²) in [6.45, 7) is 0. The standard InChI is InChI=1S/C22H12F3N3O2S/c23-22(24,25)15-5-3-4-13(10-15)18-9-8-16(30-18)11-14(12-26)20(29)28-21-27-17-6-1-2-7-19(17)31-21/h1-11H,(H,27,28,29). The highest BCUT2D eigenvalue weighted by atomic mass is 32.1. The Kier molecular flexibility index (Phi) is 5.31. The lowest BCUT2D eigenvalue weighted by molar-refractivity contribution is -0.137. The molecule has 2 aromatic heterocycles. The number of carbonyl (C=O) groups excluding carboxylic acids is 1. The van der Waals surface area contributed by atoms with Gasteiger partial charge in [-0.3, -0.25) is 10.1 Å². The van der Waals surface area contributed by atoms with E-state index < -0.39 is 17.6 Å². The Morgan fingerprint density at radius 1 is 1.13 bits per heavy atom. The molecule has 0 aliphatic rings. The fourth-order valence-corrected chi connectivity index (χ4v) is 3.68. The number of benzene rings is 2. The summed E-state index contributed by atoms with van der Waals surface area (Å²) in [6.07, 6.45) is -3.25. The van der Waals surface area contributed by atoms with Crippen LogP contribution in [0.25, 0.3) is 27.6 Å². The molecule has 0 saturated heterocycles. The second kappa shape index (κ2) is 8.08. The fraction of sp³-hybridized carbons (Fsp3) is 0.0455. The predicted octanol–water partition coefficient (Wildman–Crippen LogP) is 6.12. The highest BCUT2D eigenvalue weighted by molar-refractivity contribution is 7.22. The first-order valence-corrected chi connectivity index (χ1v) is 9.71. The minimum Gasteiger partial charge on any atom is -0.457 e. The number of aromatic nitrogens is 1. The molecule has 2 aromatic carbocycles. The van der Waals surface area contributed by atoms with Crippen molar-refractivity contribution < 1.29 is 22.4 Å². The van der Waals surface area contributed by atoms with Gasteiger partial charge in [-0.15, -0.1) is 0 Å². The highest BCUT2D eigenvalue weighted by Gasteiger charge is 2.30. The van der Waals surface area contributed by atoms with Crippen LogP contribution in [-0.4, -0.2) is 10.9 Å². The van der Waals surface area contributed by atoms with Crippen LogP contribution in [0.2, 0.25) is 0 Å². The van der Waals surface area contributed by atoms with E-state index in [9.17, 15) is 23.2 Å². The van der Waals surface area contributed by atoms with Crippen LogP contribution < -0.4 is 5.32 Å². The van der Waals surface area contributed by atoms with Crippen LogP contribution in [-0.2, 0) is 11.0 Å². The van der Waals surface area contributed by atoms with E-state index in [1.165, 1.54) is 41.7 Å². The smallest absolute Gasteiger partial charge is 0.416 e. The summed E-state index contributed by atoms with van der Waals surface area (Å²) in [5.41, 5.74) is -0.0791. The number of fused-ring (bicyclic) bond motifs is 1. The van der Waals surface area contributed by atoms with Gasteiger partial charge in [-0.05, 0) is 36.4 Å². The monoisotopic (exact) mass is 439 g/mol. The third-order valence-electron chi connectivity index (χ3n) is 4.27. The number of furan rings is 1. The zero-order valence-electron chi connectivity index (χ0n) is 15.6. The third kappa shape index (κ3) is 4.49. The lowest BCUT2D eigenvalue weighted by atomic mass is 10.1.